The minimum absolute atomic E-state index is 2.37. The van der Waals surface area contributed by atoms with E-state index in [0.717, 1.165) is 0 Å². The van der Waals surface area contributed by atoms with Crippen LogP contribution >= 0.6 is 0 Å². The first-order valence-corrected chi connectivity index (χ1v) is 4.05. The Hall–Kier alpha value is -1.67. The van der Waals surface area contributed by atoms with Gasteiger partial charge in [-0.2, -0.15) is 0 Å². The standard InChI is InChI=1S/C9HF9/c10-2-1(4(12)8(16)9(17)18)3(11)6(14)7(15)5(2)13/h9H/b8-4+. The summed E-state index contributed by atoms with van der Waals surface area (Å²) in [6.07, 6.45) is -4.10. The van der Waals surface area contributed by atoms with Crippen LogP contribution in [0.1, 0.15) is 5.56 Å². The Morgan fingerprint density at radius 2 is 1.00 bits per heavy atom. The third kappa shape index (κ3) is 2.16. The second-order valence-corrected chi connectivity index (χ2v) is 2.91. The van der Waals surface area contributed by atoms with Crippen molar-refractivity contribution >= 4 is 5.83 Å². The fraction of sp³-hybridized carbons (Fsp3) is 0.111. The second kappa shape index (κ2) is 4.91. The maximum atomic E-state index is 12.9. The molecule has 0 bridgehead atoms. The first-order valence-electron chi connectivity index (χ1n) is 4.05. The van der Waals surface area contributed by atoms with Crippen molar-refractivity contribution in [3.63, 3.8) is 0 Å². The van der Waals surface area contributed by atoms with E-state index in [1.165, 1.54) is 0 Å². The average molecular weight is 280 g/mol. The van der Waals surface area contributed by atoms with Gasteiger partial charge in [-0.15, -0.1) is 0 Å². The Labute approximate surface area is 93.3 Å². The van der Waals surface area contributed by atoms with E-state index >= 15 is 0 Å². The highest BCUT2D eigenvalue weighted by Crippen LogP contribution is 2.32. The number of alkyl halides is 2. The van der Waals surface area contributed by atoms with Gasteiger partial charge in [0.1, 0.15) is 0 Å². The van der Waals surface area contributed by atoms with E-state index in [2.05, 4.69) is 0 Å². The number of benzene rings is 1. The zero-order chi connectivity index (χ0) is 14.2. The maximum absolute atomic E-state index is 12.9. The molecule has 1 aromatic rings. The Balaban J connectivity index is 3.67. The van der Waals surface area contributed by atoms with Gasteiger partial charge in [-0.05, 0) is 0 Å². The number of allylic oxidation sites excluding steroid dienone is 1. The van der Waals surface area contributed by atoms with Crippen molar-refractivity contribution in [2.45, 2.75) is 6.43 Å². The van der Waals surface area contributed by atoms with Gasteiger partial charge in [-0.1, -0.05) is 0 Å². The number of halogens is 9. The summed E-state index contributed by atoms with van der Waals surface area (Å²) in [6, 6.07) is 0. The lowest BCUT2D eigenvalue weighted by atomic mass is 10.1. The quantitative estimate of drug-likeness (QED) is 0.431. The third-order valence-corrected chi connectivity index (χ3v) is 1.83. The van der Waals surface area contributed by atoms with Crippen LogP contribution in [0.15, 0.2) is 5.83 Å². The van der Waals surface area contributed by atoms with Gasteiger partial charge < -0.3 is 0 Å². The van der Waals surface area contributed by atoms with Crippen LogP contribution < -0.4 is 0 Å². The molecule has 9 heteroatoms. The molecule has 0 nitrogen and oxygen atoms in total. The van der Waals surface area contributed by atoms with E-state index in [1.54, 1.807) is 0 Å². The zero-order valence-corrected chi connectivity index (χ0v) is 7.98. The van der Waals surface area contributed by atoms with Gasteiger partial charge in [0.25, 0.3) is 6.43 Å². The Morgan fingerprint density at radius 3 is 1.33 bits per heavy atom. The molecule has 0 heterocycles. The fourth-order valence-electron chi connectivity index (χ4n) is 1.01. The molecule has 0 aromatic heterocycles. The molecule has 1 rings (SSSR count). The molecule has 0 fully saturated rings. The summed E-state index contributed by atoms with van der Waals surface area (Å²) >= 11 is 0. The monoisotopic (exact) mass is 280 g/mol. The highest BCUT2D eigenvalue weighted by molar-refractivity contribution is 5.62. The zero-order valence-electron chi connectivity index (χ0n) is 7.98. The molecule has 0 saturated heterocycles. The first kappa shape index (κ1) is 14.4. The summed E-state index contributed by atoms with van der Waals surface area (Å²) < 4.78 is 112. The third-order valence-electron chi connectivity index (χ3n) is 1.83. The van der Waals surface area contributed by atoms with E-state index in [1.807, 2.05) is 0 Å². The average Bonchev–Trinajstić information content (AvgIpc) is 2.32. The highest BCUT2D eigenvalue weighted by atomic mass is 19.3. The van der Waals surface area contributed by atoms with Crippen LogP contribution in [0.25, 0.3) is 5.83 Å². The summed E-state index contributed by atoms with van der Waals surface area (Å²) in [5.41, 5.74) is -2.37. The van der Waals surface area contributed by atoms with Crippen molar-refractivity contribution in [1.82, 2.24) is 0 Å². The molecule has 0 amide bonds. The van der Waals surface area contributed by atoms with Gasteiger partial charge in [0.15, 0.2) is 29.1 Å². The molecule has 0 saturated carbocycles. The van der Waals surface area contributed by atoms with Gasteiger partial charge in [0.05, 0.1) is 5.56 Å². The van der Waals surface area contributed by atoms with Gasteiger partial charge in [-0.25, -0.2) is 39.5 Å². The first-order chi connectivity index (χ1) is 8.20. The number of hydrogen-bond acceptors (Lipinski definition) is 0. The largest absolute Gasteiger partial charge is 0.292 e. The molecule has 0 aliphatic carbocycles. The van der Waals surface area contributed by atoms with Crippen LogP contribution in [0.3, 0.4) is 0 Å². The summed E-state index contributed by atoms with van der Waals surface area (Å²) in [4.78, 5) is 0. The summed E-state index contributed by atoms with van der Waals surface area (Å²) in [7, 11) is 0. The van der Waals surface area contributed by atoms with Gasteiger partial charge in [0, 0.05) is 0 Å². The normalized spacial score (nSPS) is 13.0. The molecule has 0 radical (unpaired) electrons. The van der Waals surface area contributed by atoms with Crippen molar-refractivity contribution in [1.29, 1.82) is 0 Å². The van der Waals surface area contributed by atoms with Crippen LogP contribution in [-0.2, 0) is 0 Å². The van der Waals surface area contributed by atoms with Crippen LogP contribution in [0.4, 0.5) is 39.5 Å². The van der Waals surface area contributed by atoms with Crippen LogP contribution in [0, 0.1) is 29.1 Å². The topological polar surface area (TPSA) is 0 Å². The van der Waals surface area contributed by atoms with Crippen LogP contribution in [0.5, 0.6) is 0 Å². The molecule has 0 atom stereocenters. The molecule has 0 spiro atoms. The molecule has 100 valence electrons. The lowest BCUT2D eigenvalue weighted by Gasteiger charge is -2.07. The minimum Gasteiger partial charge on any atom is -0.203 e. The molecule has 1 aromatic carbocycles. The van der Waals surface area contributed by atoms with Crippen LogP contribution in [0.2, 0.25) is 0 Å². The predicted octanol–water partition coefficient (Wildman–Crippen LogP) is 4.25. The van der Waals surface area contributed by atoms with Gasteiger partial charge >= 0.3 is 0 Å². The second-order valence-electron chi connectivity index (χ2n) is 2.91. The predicted molar refractivity (Wildman–Crippen MR) is 41.4 cm³/mol. The summed E-state index contributed by atoms with van der Waals surface area (Å²) in [5, 5.41) is 0. The van der Waals surface area contributed by atoms with Gasteiger partial charge in [-0.3, -0.25) is 0 Å². The molecular weight excluding hydrogens is 279 g/mol. The molecule has 18 heavy (non-hydrogen) atoms. The maximum Gasteiger partial charge on any atom is 0.292 e. The molecule has 0 aliphatic heterocycles. The Morgan fingerprint density at radius 1 is 0.667 bits per heavy atom. The van der Waals surface area contributed by atoms with Crippen molar-refractivity contribution in [3.05, 3.63) is 40.5 Å². The van der Waals surface area contributed by atoms with E-state index in [9.17, 15) is 39.5 Å². The number of hydrogen-bond donors (Lipinski definition) is 0. The smallest absolute Gasteiger partial charge is 0.203 e. The molecular formula is C9HF9. The Bertz CT molecular complexity index is 488. The summed E-state index contributed by atoms with van der Waals surface area (Å²) in [5.74, 6) is -19.0. The SMILES string of the molecule is F/C(=C(/F)C(F)F)c1c(F)c(F)c(F)c(F)c1F. The van der Waals surface area contributed by atoms with E-state index < -0.39 is 52.7 Å². The highest BCUT2D eigenvalue weighted by Gasteiger charge is 2.31. The lowest BCUT2D eigenvalue weighted by Crippen LogP contribution is -2.07. The van der Waals surface area contributed by atoms with E-state index in [0.29, 0.717) is 0 Å². The molecule has 0 unspecified atom stereocenters. The van der Waals surface area contributed by atoms with Crippen LogP contribution in [-0.4, -0.2) is 6.43 Å². The van der Waals surface area contributed by atoms with Crippen molar-refractivity contribution in [3.8, 4) is 0 Å². The molecule has 0 N–H and O–H groups in total. The Kier molecular flexibility index (Phi) is 3.92. The fourth-order valence-corrected chi connectivity index (χ4v) is 1.01. The number of rotatable bonds is 2. The van der Waals surface area contributed by atoms with E-state index in [4.69, 9.17) is 0 Å². The lowest BCUT2D eigenvalue weighted by molar-refractivity contribution is 0.158. The van der Waals surface area contributed by atoms with E-state index in [-0.39, 0.29) is 0 Å². The molecule has 0 aliphatic rings. The van der Waals surface area contributed by atoms with Gasteiger partial charge in [0.2, 0.25) is 11.6 Å². The van der Waals surface area contributed by atoms with Crippen molar-refractivity contribution in [2.75, 3.05) is 0 Å². The minimum atomic E-state index is -4.10. The summed E-state index contributed by atoms with van der Waals surface area (Å²) in [6.45, 7) is 0. The van der Waals surface area contributed by atoms with Crippen molar-refractivity contribution in [2.24, 2.45) is 0 Å². The van der Waals surface area contributed by atoms with Crippen molar-refractivity contribution < 1.29 is 39.5 Å².